The number of epoxide rings is 1. The van der Waals surface area contributed by atoms with Crippen molar-refractivity contribution in [3.8, 4) is 0 Å². The summed E-state index contributed by atoms with van der Waals surface area (Å²) >= 11 is 2.54. The van der Waals surface area contributed by atoms with Crippen molar-refractivity contribution in [2.45, 2.75) is 34.8 Å². The molecule has 0 bridgehead atoms. The van der Waals surface area contributed by atoms with Gasteiger partial charge in [-0.15, -0.1) is 16.9 Å². The molecule has 204 valence electrons. The number of thioether (sulfide) groups is 2. The van der Waals surface area contributed by atoms with Gasteiger partial charge in [0, 0.05) is 18.6 Å². The molecule has 4 N–H and O–H groups in total. The number of aryl methyl sites for hydroxylation is 1. The summed E-state index contributed by atoms with van der Waals surface area (Å²) in [5.74, 6) is -4.10. The Labute approximate surface area is 228 Å². The van der Waals surface area contributed by atoms with Crippen molar-refractivity contribution in [3.05, 3.63) is 47.2 Å². The molecule has 0 radical (unpaired) electrons. The molecule has 5 rings (SSSR count). The lowest BCUT2D eigenvalue weighted by Gasteiger charge is -2.49. The summed E-state index contributed by atoms with van der Waals surface area (Å²) < 4.78 is 6.32. The van der Waals surface area contributed by atoms with Gasteiger partial charge < -0.3 is 25.6 Å². The number of aromatic nitrogens is 4. The Kier molecular flexibility index (Phi) is 7.28. The topological polar surface area (TPSA) is 209 Å². The van der Waals surface area contributed by atoms with E-state index in [0.29, 0.717) is 22.0 Å². The second kappa shape index (κ2) is 10.7. The molecule has 2 fully saturated rings. The number of carbonyl (C=O) groups is 5. The van der Waals surface area contributed by atoms with Crippen LogP contribution in [0.3, 0.4) is 0 Å². The molecule has 1 aromatic carbocycles. The van der Waals surface area contributed by atoms with E-state index in [1.54, 1.807) is 37.4 Å². The maximum Gasteiger partial charge on any atom is 0.352 e. The molecule has 17 heteroatoms. The summed E-state index contributed by atoms with van der Waals surface area (Å²) in [6.07, 6.45) is -2.52. The van der Waals surface area contributed by atoms with Gasteiger partial charge in [-0.1, -0.05) is 42.1 Å². The van der Waals surface area contributed by atoms with Gasteiger partial charge in [0.25, 0.3) is 11.8 Å². The molecule has 2 saturated heterocycles. The van der Waals surface area contributed by atoms with Crippen molar-refractivity contribution in [1.29, 1.82) is 0 Å². The number of nitrogens with zero attached hydrogens (tertiary/aromatic N) is 5. The molecule has 0 aliphatic carbocycles. The number of benzene rings is 1. The molecule has 1 aromatic heterocycles. The maximum absolute atomic E-state index is 13.3. The fraction of sp³-hybridized carbons (Fsp3) is 0.364. The van der Waals surface area contributed by atoms with Crippen LogP contribution in [0.4, 0.5) is 0 Å². The van der Waals surface area contributed by atoms with Gasteiger partial charge in [-0.25, -0.2) is 14.3 Å². The zero-order valence-corrected chi connectivity index (χ0v) is 21.7. The quantitative estimate of drug-likeness (QED) is 0.148. The number of hydrogen-bond acceptors (Lipinski definition) is 11. The summed E-state index contributed by atoms with van der Waals surface area (Å²) in [5.41, 5.74) is 0.775. The zero-order valence-electron chi connectivity index (χ0n) is 20.1. The van der Waals surface area contributed by atoms with Crippen LogP contribution in [0.2, 0.25) is 0 Å². The minimum Gasteiger partial charge on any atom is -0.479 e. The normalized spacial score (nSPS) is 24.3. The molecule has 0 unspecified atom stereocenters. The van der Waals surface area contributed by atoms with Gasteiger partial charge in [-0.05, 0) is 21.6 Å². The third kappa shape index (κ3) is 5.19. The number of aliphatic carboxylic acids is 2. The highest BCUT2D eigenvalue weighted by molar-refractivity contribution is 8.01. The molecule has 2 aromatic rings. The summed E-state index contributed by atoms with van der Waals surface area (Å²) in [7, 11) is 1.65. The molecule has 39 heavy (non-hydrogen) atoms. The van der Waals surface area contributed by atoms with Crippen LogP contribution in [0.5, 0.6) is 0 Å². The molecule has 5 atom stereocenters. The molecule has 3 amide bonds. The van der Waals surface area contributed by atoms with Crippen LogP contribution in [0.25, 0.3) is 0 Å². The van der Waals surface area contributed by atoms with Crippen LogP contribution < -0.4 is 10.6 Å². The number of carboxylic acids is 2. The highest BCUT2D eigenvalue weighted by atomic mass is 32.2. The number of carboxylic acid groups (broad SMARTS) is 2. The van der Waals surface area contributed by atoms with Crippen LogP contribution in [-0.4, -0.2) is 100 Å². The van der Waals surface area contributed by atoms with Crippen LogP contribution >= 0.6 is 23.5 Å². The van der Waals surface area contributed by atoms with Crippen molar-refractivity contribution in [2.24, 2.45) is 7.05 Å². The van der Waals surface area contributed by atoms with Crippen molar-refractivity contribution < 1.29 is 38.9 Å². The van der Waals surface area contributed by atoms with Gasteiger partial charge in [0.15, 0.2) is 12.2 Å². The highest BCUT2D eigenvalue weighted by Gasteiger charge is 2.55. The Hall–Kier alpha value is -3.96. The Bertz CT molecular complexity index is 1380. The standard InChI is InChI=1S/C22H21N7O8S2/c1-28-22(25-26-27-28)39-8-10-7-38-19-12(18(32)29(19)13(10)20(33)34)24-16(30)11(9-5-3-2-4-6-9)23-17(31)14-15(37-14)21(35)36/h2-6,11-12,14-15,19H,7-8H2,1H3,(H,23,31)(H,24,30)(H,33,34)(H,35,36)/t11-,12-,14+,15+,19-/m1/s1. The molecular weight excluding hydrogens is 554 g/mol. The van der Waals surface area contributed by atoms with Crippen molar-refractivity contribution in [2.75, 3.05) is 11.5 Å². The first-order valence-corrected chi connectivity index (χ1v) is 13.5. The Morgan fingerprint density at radius 2 is 1.95 bits per heavy atom. The number of rotatable bonds is 10. The number of carbonyl (C=O) groups excluding carboxylic acids is 3. The summed E-state index contributed by atoms with van der Waals surface area (Å²) in [6.45, 7) is 0. The smallest absolute Gasteiger partial charge is 0.352 e. The van der Waals surface area contributed by atoms with Gasteiger partial charge in [0.05, 0.1) is 0 Å². The third-order valence-corrected chi connectivity index (χ3v) is 8.62. The number of fused-ring (bicyclic) bond motifs is 1. The van der Waals surface area contributed by atoms with Crippen LogP contribution in [0.1, 0.15) is 11.6 Å². The number of nitrogens with one attached hydrogen (secondary N) is 2. The minimum atomic E-state index is -1.29. The second-order valence-corrected chi connectivity index (χ2v) is 10.7. The second-order valence-electron chi connectivity index (χ2n) is 8.69. The van der Waals surface area contributed by atoms with E-state index < -0.39 is 59.3 Å². The van der Waals surface area contributed by atoms with E-state index in [9.17, 15) is 29.1 Å². The van der Waals surface area contributed by atoms with Crippen LogP contribution in [0.15, 0.2) is 46.8 Å². The average molecular weight is 576 g/mol. The van der Waals surface area contributed by atoms with E-state index in [1.807, 2.05) is 0 Å². The maximum atomic E-state index is 13.3. The lowest BCUT2D eigenvalue weighted by molar-refractivity contribution is -0.151. The summed E-state index contributed by atoms with van der Waals surface area (Å²) in [4.78, 5) is 63.2. The first-order valence-electron chi connectivity index (χ1n) is 11.5. The molecule has 15 nitrogen and oxygen atoms in total. The number of tetrazole rings is 1. The fourth-order valence-electron chi connectivity index (χ4n) is 4.20. The average Bonchev–Trinajstić information content (AvgIpc) is 3.64. The predicted octanol–water partition coefficient (Wildman–Crippen LogP) is -1.25. The van der Waals surface area contributed by atoms with Crippen LogP contribution in [0, 0.1) is 0 Å². The predicted molar refractivity (Wildman–Crippen MR) is 133 cm³/mol. The first kappa shape index (κ1) is 26.6. The molecule has 4 heterocycles. The molecule has 3 aliphatic heterocycles. The number of amides is 3. The highest BCUT2D eigenvalue weighted by Crippen LogP contribution is 2.41. The molecular formula is C22H21N7O8S2. The van der Waals surface area contributed by atoms with Gasteiger partial charge in [-0.3, -0.25) is 19.3 Å². The lowest BCUT2D eigenvalue weighted by Crippen LogP contribution is -2.71. The van der Waals surface area contributed by atoms with E-state index in [-0.39, 0.29) is 11.4 Å². The minimum absolute atomic E-state index is 0.143. The van der Waals surface area contributed by atoms with Gasteiger partial charge in [-0.2, -0.15) is 0 Å². The van der Waals surface area contributed by atoms with E-state index in [4.69, 9.17) is 9.84 Å². The summed E-state index contributed by atoms with van der Waals surface area (Å²) in [5, 5.41) is 35.0. The van der Waals surface area contributed by atoms with E-state index in [1.165, 1.54) is 28.2 Å². The third-order valence-electron chi connectivity index (χ3n) is 6.18. The Morgan fingerprint density at radius 1 is 1.21 bits per heavy atom. The monoisotopic (exact) mass is 575 g/mol. The first-order chi connectivity index (χ1) is 18.7. The fourth-order valence-corrected chi connectivity index (χ4v) is 6.53. The van der Waals surface area contributed by atoms with E-state index in [2.05, 4.69) is 26.2 Å². The van der Waals surface area contributed by atoms with E-state index >= 15 is 0 Å². The largest absolute Gasteiger partial charge is 0.479 e. The SMILES string of the molecule is Cn1nnnc1SCC1=C(C(=O)O)N2C(=O)[C@@H](NC(=O)[C@H](NC(=O)[C@H]3O[C@@H]3C(=O)O)c3ccccc3)[C@H]2SC1. The molecule has 0 spiro atoms. The van der Waals surface area contributed by atoms with Crippen molar-refractivity contribution >= 4 is 53.2 Å². The van der Waals surface area contributed by atoms with Crippen molar-refractivity contribution in [3.63, 3.8) is 0 Å². The Balaban J connectivity index is 1.29. The molecule has 0 saturated carbocycles. The van der Waals surface area contributed by atoms with Crippen LogP contribution in [-0.2, 0) is 35.8 Å². The van der Waals surface area contributed by atoms with Crippen molar-refractivity contribution in [1.82, 2.24) is 35.7 Å². The number of hydrogen-bond donors (Lipinski definition) is 4. The zero-order chi connectivity index (χ0) is 27.8. The summed E-state index contributed by atoms with van der Waals surface area (Å²) in [6, 6.07) is 5.95. The lowest BCUT2D eigenvalue weighted by atomic mass is 10.0. The van der Waals surface area contributed by atoms with Gasteiger partial charge >= 0.3 is 11.9 Å². The van der Waals surface area contributed by atoms with Gasteiger partial charge in [0.2, 0.25) is 11.1 Å². The number of β-lactam (4-membered cyclic amide) rings is 1. The van der Waals surface area contributed by atoms with Gasteiger partial charge in [0.1, 0.15) is 23.2 Å². The number of ether oxygens (including phenoxy) is 1. The molecule has 3 aliphatic rings. The Morgan fingerprint density at radius 3 is 2.56 bits per heavy atom. The van der Waals surface area contributed by atoms with E-state index in [0.717, 1.165) is 4.90 Å².